The molecular formula is C14H22ClNO. The highest BCUT2D eigenvalue weighted by atomic mass is 35.5. The Kier molecular flexibility index (Phi) is 6.56. The van der Waals surface area contributed by atoms with Crippen LogP contribution in [0.4, 0.5) is 0 Å². The lowest BCUT2D eigenvalue weighted by atomic mass is 10.1. The van der Waals surface area contributed by atoms with Crippen LogP contribution in [0.25, 0.3) is 0 Å². The van der Waals surface area contributed by atoms with E-state index in [9.17, 15) is 0 Å². The SMILES string of the molecule is CCNCC(OC(C)CC)c1ccc(Cl)cc1. The first-order chi connectivity index (χ1) is 8.17. The number of hydrogen-bond donors (Lipinski definition) is 1. The van der Waals surface area contributed by atoms with E-state index in [1.807, 2.05) is 24.3 Å². The minimum Gasteiger partial charge on any atom is -0.369 e. The molecule has 2 atom stereocenters. The van der Waals surface area contributed by atoms with Gasteiger partial charge in [-0.05, 0) is 37.6 Å². The summed E-state index contributed by atoms with van der Waals surface area (Å²) in [6, 6.07) is 7.89. The molecule has 17 heavy (non-hydrogen) atoms. The molecule has 0 saturated carbocycles. The van der Waals surface area contributed by atoms with Crippen molar-refractivity contribution < 1.29 is 4.74 Å². The summed E-state index contributed by atoms with van der Waals surface area (Å²) in [4.78, 5) is 0. The lowest BCUT2D eigenvalue weighted by Gasteiger charge is -2.22. The molecule has 0 amide bonds. The molecule has 0 aromatic heterocycles. The number of benzene rings is 1. The number of hydrogen-bond acceptors (Lipinski definition) is 2. The predicted molar refractivity (Wildman–Crippen MR) is 73.6 cm³/mol. The van der Waals surface area contributed by atoms with Crippen LogP contribution in [0.5, 0.6) is 0 Å². The normalized spacial score (nSPS) is 14.6. The van der Waals surface area contributed by atoms with Crippen molar-refractivity contribution in [2.24, 2.45) is 0 Å². The zero-order valence-corrected chi connectivity index (χ0v) is 11.6. The Morgan fingerprint density at radius 3 is 2.41 bits per heavy atom. The van der Waals surface area contributed by atoms with E-state index >= 15 is 0 Å². The maximum Gasteiger partial charge on any atom is 0.0952 e. The minimum absolute atomic E-state index is 0.0992. The Hall–Kier alpha value is -0.570. The molecule has 0 saturated heterocycles. The summed E-state index contributed by atoms with van der Waals surface area (Å²) >= 11 is 5.90. The number of likely N-dealkylation sites (N-methyl/N-ethyl adjacent to an activating group) is 1. The van der Waals surface area contributed by atoms with Gasteiger partial charge in [0.15, 0.2) is 0 Å². The van der Waals surface area contributed by atoms with E-state index < -0.39 is 0 Å². The Morgan fingerprint density at radius 1 is 1.24 bits per heavy atom. The van der Waals surface area contributed by atoms with Crippen LogP contribution in [0.2, 0.25) is 5.02 Å². The summed E-state index contributed by atoms with van der Waals surface area (Å²) in [6.45, 7) is 8.13. The third-order valence-corrected chi connectivity index (χ3v) is 3.04. The summed E-state index contributed by atoms with van der Waals surface area (Å²) in [5.74, 6) is 0. The highest BCUT2D eigenvalue weighted by Crippen LogP contribution is 2.21. The number of nitrogens with one attached hydrogen (secondary N) is 1. The fourth-order valence-corrected chi connectivity index (χ4v) is 1.70. The molecular weight excluding hydrogens is 234 g/mol. The first-order valence-corrected chi connectivity index (χ1v) is 6.66. The standard InChI is InChI=1S/C14H22ClNO/c1-4-11(3)17-14(10-16-5-2)12-6-8-13(15)9-7-12/h6-9,11,14,16H,4-5,10H2,1-3H3. The Balaban J connectivity index is 2.70. The fourth-order valence-electron chi connectivity index (χ4n) is 1.57. The first kappa shape index (κ1) is 14.5. The smallest absolute Gasteiger partial charge is 0.0952 e. The van der Waals surface area contributed by atoms with Crippen LogP contribution in [0.15, 0.2) is 24.3 Å². The van der Waals surface area contributed by atoms with Crippen molar-refractivity contribution in [2.45, 2.75) is 39.4 Å². The maximum atomic E-state index is 6.02. The van der Waals surface area contributed by atoms with Crippen molar-refractivity contribution in [1.82, 2.24) is 5.32 Å². The molecule has 0 spiro atoms. The molecule has 1 rings (SSSR count). The van der Waals surface area contributed by atoms with Crippen molar-refractivity contribution in [3.05, 3.63) is 34.9 Å². The topological polar surface area (TPSA) is 21.3 Å². The third kappa shape index (κ3) is 5.07. The van der Waals surface area contributed by atoms with Gasteiger partial charge in [0.25, 0.3) is 0 Å². The average Bonchev–Trinajstić information content (AvgIpc) is 2.35. The highest BCUT2D eigenvalue weighted by molar-refractivity contribution is 6.30. The lowest BCUT2D eigenvalue weighted by Crippen LogP contribution is -2.25. The largest absolute Gasteiger partial charge is 0.369 e. The molecule has 0 radical (unpaired) electrons. The number of halogens is 1. The van der Waals surface area contributed by atoms with E-state index in [0.717, 1.165) is 24.5 Å². The molecule has 0 aliphatic heterocycles. The van der Waals surface area contributed by atoms with E-state index in [0.29, 0.717) is 0 Å². The Labute approximate surface area is 109 Å². The van der Waals surface area contributed by atoms with Crippen LogP contribution in [0.3, 0.4) is 0 Å². The van der Waals surface area contributed by atoms with Crippen molar-refractivity contribution in [3.8, 4) is 0 Å². The second-order valence-corrected chi connectivity index (χ2v) is 4.64. The van der Waals surface area contributed by atoms with Gasteiger partial charge in [0, 0.05) is 11.6 Å². The monoisotopic (exact) mass is 255 g/mol. The molecule has 1 aromatic rings. The summed E-state index contributed by atoms with van der Waals surface area (Å²) in [7, 11) is 0. The van der Waals surface area contributed by atoms with Crippen LogP contribution in [-0.2, 0) is 4.74 Å². The Bertz CT molecular complexity index is 313. The lowest BCUT2D eigenvalue weighted by molar-refractivity contribution is -0.00425. The fraction of sp³-hybridized carbons (Fsp3) is 0.571. The van der Waals surface area contributed by atoms with E-state index in [1.54, 1.807) is 0 Å². The molecule has 0 bridgehead atoms. The van der Waals surface area contributed by atoms with Gasteiger partial charge in [-0.15, -0.1) is 0 Å². The van der Waals surface area contributed by atoms with E-state index in [-0.39, 0.29) is 12.2 Å². The van der Waals surface area contributed by atoms with Gasteiger partial charge in [-0.2, -0.15) is 0 Å². The van der Waals surface area contributed by atoms with Gasteiger partial charge in [-0.25, -0.2) is 0 Å². The summed E-state index contributed by atoms with van der Waals surface area (Å²) < 4.78 is 6.02. The van der Waals surface area contributed by atoms with Crippen LogP contribution in [0, 0.1) is 0 Å². The average molecular weight is 256 g/mol. The molecule has 0 aliphatic rings. The van der Waals surface area contributed by atoms with E-state index in [2.05, 4.69) is 26.1 Å². The van der Waals surface area contributed by atoms with Crippen LogP contribution in [0.1, 0.15) is 38.9 Å². The predicted octanol–water partition coefficient (Wildman–Crippen LogP) is 3.81. The van der Waals surface area contributed by atoms with Gasteiger partial charge in [0.1, 0.15) is 0 Å². The van der Waals surface area contributed by atoms with Crippen LogP contribution >= 0.6 is 11.6 Å². The van der Waals surface area contributed by atoms with Crippen LogP contribution in [-0.4, -0.2) is 19.2 Å². The second kappa shape index (κ2) is 7.70. The van der Waals surface area contributed by atoms with Gasteiger partial charge in [0.05, 0.1) is 12.2 Å². The molecule has 0 heterocycles. The van der Waals surface area contributed by atoms with Gasteiger partial charge in [-0.1, -0.05) is 37.6 Å². The van der Waals surface area contributed by atoms with Crippen molar-refractivity contribution in [3.63, 3.8) is 0 Å². The third-order valence-electron chi connectivity index (χ3n) is 2.79. The molecule has 3 heteroatoms. The first-order valence-electron chi connectivity index (χ1n) is 6.29. The number of rotatable bonds is 7. The second-order valence-electron chi connectivity index (χ2n) is 4.20. The molecule has 1 aromatic carbocycles. The zero-order chi connectivity index (χ0) is 12.7. The molecule has 0 aliphatic carbocycles. The van der Waals surface area contributed by atoms with E-state index in [4.69, 9.17) is 16.3 Å². The zero-order valence-electron chi connectivity index (χ0n) is 10.9. The Morgan fingerprint density at radius 2 is 1.88 bits per heavy atom. The molecule has 2 nitrogen and oxygen atoms in total. The van der Waals surface area contributed by atoms with Gasteiger partial charge in [-0.3, -0.25) is 0 Å². The van der Waals surface area contributed by atoms with Gasteiger partial charge >= 0.3 is 0 Å². The minimum atomic E-state index is 0.0992. The summed E-state index contributed by atoms with van der Waals surface area (Å²) in [5, 5.41) is 4.10. The van der Waals surface area contributed by atoms with Crippen LogP contribution < -0.4 is 5.32 Å². The highest BCUT2D eigenvalue weighted by Gasteiger charge is 2.14. The quantitative estimate of drug-likeness (QED) is 0.800. The molecule has 0 fully saturated rings. The van der Waals surface area contributed by atoms with E-state index in [1.165, 1.54) is 5.56 Å². The maximum absolute atomic E-state index is 6.02. The van der Waals surface area contributed by atoms with Crippen molar-refractivity contribution >= 4 is 11.6 Å². The molecule has 1 N–H and O–H groups in total. The molecule has 96 valence electrons. The van der Waals surface area contributed by atoms with Crippen molar-refractivity contribution in [1.29, 1.82) is 0 Å². The number of ether oxygens (including phenoxy) is 1. The summed E-state index contributed by atoms with van der Waals surface area (Å²) in [5.41, 5.74) is 1.18. The van der Waals surface area contributed by atoms with Gasteiger partial charge < -0.3 is 10.1 Å². The summed E-state index contributed by atoms with van der Waals surface area (Å²) in [6.07, 6.45) is 1.40. The molecule has 2 unspecified atom stereocenters. The van der Waals surface area contributed by atoms with Crippen molar-refractivity contribution in [2.75, 3.05) is 13.1 Å². The van der Waals surface area contributed by atoms with Gasteiger partial charge in [0.2, 0.25) is 0 Å².